The zero-order valence-electron chi connectivity index (χ0n) is 13.8. The van der Waals surface area contributed by atoms with E-state index in [-0.39, 0.29) is 12.1 Å². The van der Waals surface area contributed by atoms with E-state index in [0.717, 1.165) is 17.7 Å². The molecule has 0 amide bonds. The molecule has 2 atom stereocenters. The summed E-state index contributed by atoms with van der Waals surface area (Å²) in [6.07, 6.45) is 4.43. The van der Waals surface area contributed by atoms with Gasteiger partial charge in [0.2, 0.25) is 5.89 Å². The SMILES string of the molecule is O[C@@H]1C[C@@H](c2nc(Cc3ccccc3)no2)N(Cc2ccncc2)C1. The number of rotatable bonds is 5. The maximum absolute atomic E-state index is 10.1. The molecule has 1 fully saturated rings. The van der Waals surface area contributed by atoms with Gasteiger partial charge in [-0.05, 0) is 29.7 Å². The van der Waals surface area contributed by atoms with Crippen LogP contribution in [-0.4, -0.2) is 37.8 Å². The van der Waals surface area contributed by atoms with E-state index in [1.54, 1.807) is 12.4 Å². The quantitative estimate of drug-likeness (QED) is 0.771. The highest BCUT2D eigenvalue weighted by Gasteiger charge is 2.35. The first-order chi connectivity index (χ1) is 12.3. The van der Waals surface area contributed by atoms with Crippen molar-refractivity contribution in [3.05, 3.63) is 77.7 Å². The van der Waals surface area contributed by atoms with E-state index in [1.165, 1.54) is 0 Å². The minimum absolute atomic E-state index is 0.0554. The third-order valence-corrected chi connectivity index (χ3v) is 4.49. The van der Waals surface area contributed by atoms with Crippen LogP contribution >= 0.6 is 0 Å². The summed E-state index contributed by atoms with van der Waals surface area (Å²) < 4.78 is 5.51. The van der Waals surface area contributed by atoms with Crippen molar-refractivity contribution < 1.29 is 9.63 Å². The highest BCUT2D eigenvalue weighted by Crippen LogP contribution is 2.32. The molecule has 0 aliphatic carbocycles. The molecule has 1 aromatic carbocycles. The number of hydrogen-bond acceptors (Lipinski definition) is 6. The van der Waals surface area contributed by atoms with E-state index >= 15 is 0 Å². The number of hydrogen-bond donors (Lipinski definition) is 1. The monoisotopic (exact) mass is 336 g/mol. The Hall–Kier alpha value is -2.57. The number of benzene rings is 1. The number of aromatic nitrogens is 3. The number of β-amino-alcohol motifs (C(OH)–C–C–N with tert-alkyl or cyclic N) is 1. The molecule has 6 heteroatoms. The van der Waals surface area contributed by atoms with E-state index in [4.69, 9.17) is 4.52 Å². The Morgan fingerprint density at radius 1 is 1.08 bits per heavy atom. The first kappa shape index (κ1) is 15.9. The predicted octanol–water partition coefficient (Wildman–Crippen LogP) is 2.36. The molecule has 0 unspecified atom stereocenters. The summed E-state index contributed by atoms with van der Waals surface area (Å²) in [4.78, 5) is 10.8. The minimum atomic E-state index is -0.378. The third kappa shape index (κ3) is 3.75. The summed E-state index contributed by atoms with van der Waals surface area (Å²) >= 11 is 0. The van der Waals surface area contributed by atoms with Gasteiger partial charge >= 0.3 is 0 Å². The van der Waals surface area contributed by atoms with Gasteiger partial charge in [0, 0.05) is 31.9 Å². The Balaban J connectivity index is 1.49. The molecule has 3 aromatic rings. The fourth-order valence-electron chi connectivity index (χ4n) is 3.29. The number of likely N-dealkylation sites (tertiary alicyclic amines) is 1. The molecule has 1 aliphatic heterocycles. The van der Waals surface area contributed by atoms with Gasteiger partial charge in [-0.3, -0.25) is 9.88 Å². The van der Waals surface area contributed by atoms with Crippen LogP contribution in [0.3, 0.4) is 0 Å². The number of aliphatic hydroxyl groups is 1. The lowest BCUT2D eigenvalue weighted by Crippen LogP contribution is -2.24. The van der Waals surface area contributed by atoms with Gasteiger partial charge in [-0.1, -0.05) is 35.5 Å². The third-order valence-electron chi connectivity index (χ3n) is 4.49. The number of aliphatic hydroxyl groups excluding tert-OH is 1. The van der Waals surface area contributed by atoms with Crippen LogP contribution < -0.4 is 0 Å². The van der Waals surface area contributed by atoms with Crippen LogP contribution in [0, 0.1) is 0 Å². The van der Waals surface area contributed by atoms with Gasteiger partial charge in [0.1, 0.15) is 0 Å². The number of nitrogens with zero attached hydrogens (tertiary/aromatic N) is 4. The Morgan fingerprint density at radius 3 is 2.68 bits per heavy atom. The van der Waals surface area contributed by atoms with E-state index in [9.17, 15) is 5.11 Å². The smallest absolute Gasteiger partial charge is 0.244 e. The van der Waals surface area contributed by atoms with Gasteiger partial charge in [-0.2, -0.15) is 4.98 Å². The van der Waals surface area contributed by atoms with Crippen molar-refractivity contribution in [2.75, 3.05) is 6.54 Å². The highest BCUT2D eigenvalue weighted by atomic mass is 16.5. The van der Waals surface area contributed by atoms with Gasteiger partial charge in [-0.15, -0.1) is 0 Å². The Kier molecular flexibility index (Phi) is 4.54. The molecule has 0 bridgehead atoms. The van der Waals surface area contributed by atoms with Crippen molar-refractivity contribution in [1.82, 2.24) is 20.0 Å². The fraction of sp³-hybridized carbons (Fsp3) is 0.316. The van der Waals surface area contributed by atoms with Crippen LogP contribution in [0.5, 0.6) is 0 Å². The molecule has 0 saturated carbocycles. The van der Waals surface area contributed by atoms with E-state index < -0.39 is 0 Å². The van der Waals surface area contributed by atoms with Gasteiger partial charge in [0.15, 0.2) is 5.82 Å². The first-order valence-electron chi connectivity index (χ1n) is 8.45. The molecule has 0 spiro atoms. The molecule has 0 radical (unpaired) electrons. The average Bonchev–Trinajstić information content (AvgIpc) is 3.23. The van der Waals surface area contributed by atoms with Crippen LogP contribution in [0.2, 0.25) is 0 Å². The average molecular weight is 336 g/mol. The second-order valence-electron chi connectivity index (χ2n) is 6.40. The van der Waals surface area contributed by atoms with Crippen LogP contribution in [0.4, 0.5) is 0 Å². The summed E-state index contributed by atoms with van der Waals surface area (Å²) in [6, 6.07) is 14.0. The lowest BCUT2D eigenvalue weighted by Gasteiger charge is -2.20. The largest absolute Gasteiger partial charge is 0.392 e. The molecule has 25 heavy (non-hydrogen) atoms. The van der Waals surface area contributed by atoms with Crippen LogP contribution in [0.15, 0.2) is 59.4 Å². The molecule has 1 saturated heterocycles. The summed E-state index contributed by atoms with van der Waals surface area (Å²) in [5.41, 5.74) is 2.30. The Bertz CT molecular complexity index is 807. The maximum Gasteiger partial charge on any atom is 0.244 e. The first-order valence-corrected chi connectivity index (χ1v) is 8.45. The van der Waals surface area contributed by atoms with Crippen LogP contribution in [0.25, 0.3) is 0 Å². The van der Waals surface area contributed by atoms with Crippen LogP contribution in [-0.2, 0) is 13.0 Å². The van der Waals surface area contributed by atoms with Crippen molar-refractivity contribution in [2.45, 2.75) is 31.5 Å². The summed E-state index contributed by atoms with van der Waals surface area (Å²) in [5, 5.41) is 14.2. The highest BCUT2D eigenvalue weighted by molar-refractivity contribution is 5.18. The zero-order chi connectivity index (χ0) is 17.1. The minimum Gasteiger partial charge on any atom is -0.392 e. The standard InChI is InChI=1S/C19H20N4O2/c24-16-11-17(23(13-16)12-15-6-8-20-9-7-15)19-21-18(22-25-19)10-14-4-2-1-3-5-14/h1-9,16-17,24H,10-13H2/t16-,17+/m1/s1. The van der Waals surface area contributed by atoms with Gasteiger partial charge in [0.25, 0.3) is 0 Å². The summed E-state index contributed by atoms with van der Waals surface area (Å²) in [7, 11) is 0. The Morgan fingerprint density at radius 2 is 1.88 bits per heavy atom. The normalized spacial score (nSPS) is 20.8. The molecule has 4 rings (SSSR count). The summed E-state index contributed by atoms with van der Waals surface area (Å²) in [5.74, 6) is 1.25. The maximum atomic E-state index is 10.1. The summed E-state index contributed by atoms with van der Waals surface area (Å²) in [6.45, 7) is 1.32. The van der Waals surface area contributed by atoms with E-state index in [1.807, 2.05) is 42.5 Å². The zero-order valence-corrected chi connectivity index (χ0v) is 13.8. The number of pyridine rings is 1. The second kappa shape index (κ2) is 7.13. The van der Waals surface area contributed by atoms with Gasteiger partial charge in [0.05, 0.1) is 12.1 Å². The van der Waals surface area contributed by atoms with Crippen molar-refractivity contribution in [2.24, 2.45) is 0 Å². The predicted molar refractivity (Wildman–Crippen MR) is 91.6 cm³/mol. The molecule has 3 heterocycles. The molecule has 1 N–H and O–H groups in total. The second-order valence-corrected chi connectivity index (χ2v) is 6.40. The van der Waals surface area contributed by atoms with Gasteiger partial charge in [-0.25, -0.2) is 0 Å². The molecular formula is C19H20N4O2. The fourth-order valence-corrected chi connectivity index (χ4v) is 3.29. The molecular weight excluding hydrogens is 316 g/mol. The van der Waals surface area contributed by atoms with E-state index in [0.29, 0.717) is 31.1 Å². The Labute approximate surface area is 146 Å². The molecule has 6 nitrogen and oxygen atoms in total. The lowest BCUT2D eigenvalue weighted by molar-refractivity contribution is 0.169. The van der Waals surface area contributed by atoms with Gasteiger partial charge < -0.3 is 9.63 Å². The van der Waals surface area contributed by atoms with Crippen molar-refractivity contribution >= 4 is 0 Å². The molecule has 2 aromatic heterocycles. The van der Waals surface area contributed by atoms with Crippen LogP contribution in [0.1, 0.15) is 35.3 Å². The topological polar surface area (TPSA) is 75.3 Å². The van der Waals surface area contributed by atoms with E-state index in [2.05, 4.69) is 20.0 Å². The molecule has 1 aliphatic rings. The molecule has 128 valence electrons. The van der Waals surface area contributed by atoms with Crippen molar-refractivity contribution in [1.29, 1.82) is 0 Å². The van der Waals surface area contributed by atoms with Crippen molar-refractivity contribution in [3.63, 3.8) is 0 Å². The lowest BCUT2D eigenvalue weighted by atomic mass is 10.1. The van der Waals surface area contributed by atoms with Crippen molar-refractivity contribution in [3.8, 4) is 0 Å².